The summed E-state index contributed by atoms with van der Waals surface area (Å²) in [5.74, 6) is -3.61. The Kier molecular flexibility index (Phi) is 8.78. The van der Waals surface area contributed by atoms with E-state index in [4.69, 9.17) is 51.1 Å². The van der Waals surface area contributed by atoms with Gasteiger partial charge in [-0.2, -0.15) is 0 Å². The van der Waals surface area contributed by atoms with Crippen molar-refractivity contribution in [3.63, 3.8) is 0 Å². The molecular formula is C22H17Cl4N3O7. The van der Waals surface area contributed by atoms with Gasteiger partial charge in [-0.3, -0.25) is 29.4 Å². The number of benzene rings is 2. The Morgan fingerprint density at radius 3 is 2.17 bits per heavy atom. The summed E-state index contributed by atoms with van der Waals surface area (Å²) in [6.07, 6.45) is 1.11. The maximum atomic E-state index is 13.1. The molecule has 14 heteroatoms. The molecule has 0 bridgehead atoms. The summed E-state index contributed by atoms with van der Waals surface area (Å²) in [4.78, 5) is 62.4. The van der Waals surface area contributed by atoms with E-state index >= 15 is 0 Å². The lowest BCUT2D eigenvalue weighted by Crippen LogP contribution is -2.46. The van der Waals surface area contributed by atoms with Gasteiger partial charge in [0.25, 0.3) is 23.4 Å². The highest BCUT2D eigenvalue weighted by molar-refractivity contribution is 6.55. The van der Waals surface area contributed by atoms with Gasteiger partial charge in [-0.15, -0.1) is 0 Å². The smallest absolute Gasteiger partial charge is 0.329 e. The van der Waals surface area contributed by atoms with Gasteiger partial charge in [0.15, 0.2) is 6.61 Å². The highest BCUT2D eigenvalue weighted by atomic mass is 35.5. The average Bonchev–Trinajstić information content (AvgIpc) is 3.10. The Bertz CT molecular complexity index is 1240. The lowest BCUT2D eigenvalue weighted by Gasteiger charge is -2.24. The largest absolute Gasteiger partial charge is 0.454 e. The van der Waals surface area contributed by atoms with E-state index in [0.29, 0.717) is 17.7 Å². The number of halogens is 4. The van der Waals surface area contributed by atoms with Gasteiger partial charge in [-0.05, 0) is 12.5 Å². The molecule has 0 saturated heterocycles. The molecule has 0 fully saturated rings. The third-order valence-corrected chi connectivity index (χ3v) is 7.04. The number of nitro benzene ring substituents is 1. The van der Waals surface area contributed by atoms with Crippen LogP contribution in [0.15, 0.2) is 24.3 Å². The fraction of sp³-hybridized carbons (Fsp3) is 0.273. The summed E-state index contributed by atoms with van der Waals surface area (Å²) in [7, 11) is 0. The number of carbonyl (C=O) groups excluding carboxylic acids is 4. The second kappa shape index (κ2) is 11.4. The van der Waals surface area contributed by atoms with Gasteiger partial charge in [0, 0.05) is 17.8 Å². The van der Waals surface area contributed by atoms with E-state index in [0.717, 1.165) is 6.07 Å². The zero-order valence-corrected chi connectivity index (χ0v) is 21.5. The molecule has 2 aromatic rings. The van der Waals surface area contributed by atoms with Gasteiger partial charge in [0.05, 0.1) is 36.1 Å². The van der Waals surface area contributed by atoms with Crippen LogP contribution in [0, 0.1) is 10.1 Å². The van der Waals surface area contributed by atoms with Crippen LogP contribution in [0.1, 0.15) is 46.9 Å². The average molecular weight is 577 g/mol. The van der Waals surface area contributed by atoms with Crippen molar-refractivity contribution in [3.05, 3.63) is 65.6 Å². The Balaban J connectivity index is 1.79. The zero-order chi connectivity index (χ0) is 26.7. The fourth-order valence-corrected chi connectivity index (χ4v) is 4.54. The number of unbranched alkanes of at least 4 members (excludes halogenated alkanes) is 1. The summed E-state index contributed by atoms with van der Waals surface area (Å²) >= 11 is 24.4. The number of nitrogens with one attached hydrogen (secondary N) is 1. The summed E-state index contributed by atoms with van der Waals surface area (Å²) in [6.45, 7) is 1.07. The molecule has 2 aromatic carbocycles. The minimum Gasteiger partial charge on any atom is -0.454 e. The number of ether oxygens (including phenoxy) is 1. The van der Waals surface area contributed by atoms with Crippen LogP contribution in [0.2, 0.25) is 20.1 Å². The molecule has 0 saturated carbocycles. The Labute approximate surface area is 224 Å². The highest BCUT2D eigenvalue weighted by Gasteiger charge is 2.47. The zero-order valence-electron chi connectivity index (χ0n) is 18.5. The van der Waals surface area contributed by atoms with E-state index in [-0.39, 0.29) is 49.0 Å². The molecule has 0 radical (unpaired) electrons. The van der Waals surface area contributed by atoms with Crippen molar-refractivity contribution >= 4 is 81.5 Å². The lowest BCUT2D eigenvalue weighted by atomic mass is 10.1. The van der Waals surface area contributed by atoms with Gasteiger partial charge >= 0.3 is 5.97 Å². The van der Waals surface area contributed by atoms with E-state index in [9.17, 15) is 29.3 Å². The van der Waals surface area contributed by atoms with Crippen molar-refractivity contribution in [1.82, 2.24) is 4.90 Å². The number of hydrogen-bond donors (Lipinski definition) is 1. The van der Waals surface area contributed by atoms with Crippen molar-refractivity contribution in [3.8, 4) is 0 Å². The SMILES string of the molecule is CCCC[C@H](C(=O)OCC(=O)Nc1cccc([N+](=O)[O-])c1)N1C(=O)c2c(Cl)c(Cl)c(Cl)c(Cl)c2C1=O. The Hall–Kier alpha value is -2.92. The first kappa shape index (κ1) is 27.7. The van der Waals surface area contributed by atoms with Crippen LogP contribution in [-0.4, -0.2) is 46.2 Å². The predicted octanol–water partition coefficient (Wildman–Crippen LogP) is 5.55. The van der Waals surface area contributed by atoms with Crippen molar-refractivity contribution in [2.45, 2.75) is 32.2 Å². The molecule has 36 heavy (non-hydrogen) atoms. The minimum absolute atomic E-state index is 0.0456. The van der Waals surface area contributed by atoms with Gasteiger partial charge in [0.1, 0.15) is 6.04 Å². The van der Waals surface area contributed by atoms with E-state index in [1.54, 1.807) is 0 Å². The van der Waals surface area contributed by atoms with Crippen LogP contribution in [0.4, 0.5) is 11.4 Å². The minimum atomic E-state index is -1.38. The van der Waals surface area contributed by atoms with Crippen LogP contribution in [0.25, 0.3) is 0 Å². The number of fused-ring (bicyclic) bond motifs is 1. The molecule has 1 atom stereocenters. The lowest BCUT2D eigenvalue weighted by molar-refractivity contribution is -0.384. The number of rotatable bonds is 9. The molecule has 3 rings (SSSR count). The van der Waals surface area contributed by atoms with Gasteiger partial charge in [0.2, 0.25) is 0 Å². The maximum Gasteiger partial charge on any atom is 0.329 e. The third kappa shape index (κ3) is 5.41. The molecule has 10 nitrogen and oxygen atoms in total. The number of esters is 1. The second-order valence-corrected chi connectivity index (χ2v) is 9.12. The maximum absolute atomic E-state index is 13.1. The Morgan fingerprint density at radius 1 is 1.06 bits per heavy atom. The van der Waals surface area contributed by atoms with E-state index in [1.807, 2.05) is 6.92 Å². The molecule has 0 spiro atoms. The number of nitrogens with zero attached hydrogens (tertiary/aromatic N) is 2. The highest BCUT2D eigenvalue weighted by Crippen LogP contribution is 2.45. The molecule has 1 heterocycles. The number of non-ortho nitro benzene ring substituents is 1. The summed E-state index contributed by atoms with van der Waals surface area (Å²) in [5, 5.41) is 12.3. The molecule has 3 amide bonds. The van der Waals surface area contributed by atoms with Gasteiger partial charge in [-0.1, -0.05) is 72.2 Å². The van der Waals surface area contributed by atoms with Crippen LogP contribution < -0.4 is 5.32 Å². The molecule has 0 unspecified atom stereocenters. The number of carbonyl (C=O) groups is 4. The van der Waals surface area contributed by atoms with Crippen LogP contribution >= 0.6 is 46.4 Å². The first-order chi connectivity index (χ1) is 17.0. The topological polar surface area (TPSA) is 136 Å². The fourth-order valence-electron chi connectivity index (χ4n) is 3.53. The quantitative estimate of drug-likeness (QED) is 0.103. The number of anilines is 1. The summed E-state index contributed by atoms with van der Waals surface area (Å²) in [6, 6.07) is 3.78. The van der Waals surface area contributed by atoms with Crippen molar-refractivity contribution in [1.29, 1.82) is 0 Å². The van der Waals surface area contributed by atoms with E-state index in [2.05, 4.69) is 5.32 Å². The number of imide groups is 1. The van der Waals surface area contributed by atoms with E-state index < -0.39 is 41.3 Å². The second-order valence-electron chi connectivity index (χ2n) is 7.61. The number of hydrogen-bond acceptors (Lipinski definition) is 7. The summed E-state index contributed by atoms with van der Waals surface area (Å²) < 4.78 is 5.08. The van der Waals surface area contributed by atoms with Crippen LogP contribution in [0.3, 0.4) is 0 Å². The first-order valence-electron chi connectivity index (χ1n) is 10.4. The first-order valence-corrected chi connectivity index (χ1v) is 12.0. The Morgan fingerprint density at radius 2 is 1.64 bits per heavy atom. The predicted molar refractivity (Wildman–Crippen MR) is 133 cm³/mol. The standard InChI is InChI=1S/C22H17Cl4N3O7/c1-2-3-7-12(22(33)36-9-13(30)27-10-5-4-6-11(8-10)29(34)35)28-20(31)14-15(21(28)32)17(24)19(26)18(25)16(14)23/h4-6,8,12H,2-3,7,9H2,1H3,(H,27,30)/t12-/m1/s1. The molecule has 1 aliphatic heterocycles. The molecular weight excluding hydrogens is 560 g/mol. The van der Waals surface area contributed by atoms with E-state index in [1.165, 1.54) is 18.2 Å². The van der Waals surface area contributed by atoms with Crippen molar-refractivity contribution < 1.29 is 28.8 Å². The monoisotopic (exact) mass is 575 g/mol. The van der Waals surface area contributed by atoms with Crippen LogP contribution in [-0.2, 0) is 14.3 Å². The van der Waals surface area contributed by atoms with Crippen molar-refractivity contribution in [2.24, 2.45) is 0 Å². The molecule has 0 aromatic heterocycles. The molecule has 1 aliphatic rings. The normalized spacial score (nSPS) is 13.4. The molecule has 190 valence electrons. The van der Waals surface area contributed by atoms with Crippen molar-refractivity contribution in [2.75, 3.05) is 11.9 Å². The summed E-state index contributed by atoms with van der Waals surface area (Å²) in [5.41, 5.74) is -0.684. The van der Waals surface area contributed by atoms with Gasteiger partial charge < -0.3 is 10.1 Å². The number of amides is 3. The molecule has 0 aliphatic carbocycles. The van der Waals surface area contributed by atoms with Crippen LogP contribution in [0.5, 0.6) is 0 Å². The number of nitro groups is 1. The molecule has 1 N–H and O–H groups in total. The van der Waals surface area contributed by atoms with Gasteiger partial charge in [-0.25, -0.2) is 4.79 Å². The third-order valence-electron chi connectivity index (χ3n) is 5.23.